The van der Waals surface area contributed by atoms with Crippen molar-refractivity contribution in [3.63, 3.8) is 0 Å². The van der Waals surface area contributed by atoms with E-state index in [-0.39, 0.29) is 34.9 Å². The van der Waals surface area contributed by atoms with E-state index in [2.05, 4.69) is 15.2 Å². The number of methoxy groups -OCH3 is 1. The molecule has 39 heavy (non-hydrogen) atoms. The summed E-state index contributed by atoms with van der Waals surface area (Å²) < 4.78 is 26.4. The zero-order chi connectivity index (χ0) is 28.3. The highest BCUT2D eigenvalue weighted by molar-refractivity contribution is 6.21. The van der Waals surface area contributed by atoms with Gasteiger partial charge in [0.2, 0.25) is 0 Å². The van der Waals surface area contributed by atoms with Crippen molar-refractivity contribution in [1.82, 2.24) is 15.3 Å². The molecule has 212 valence electrons. The van der Waals surface area contributed by atoms with E-state index in [1.54, 1.807) is 21.1 Å². The Labute approximate surface area is 229 Å². The number of hydrogen-bond donors (Lipinski definition) is 4. The van der Waals surface area contributed by atoms with Crippen LogP contribution in [0.15, 0.2) is 24.0 Å². The number of hydrogen-bond acceptors (Lipinski definition) is 9. The van der Waals surface area contributed by atoms with Gasteiger partial charge in [-0.15, -0.1) is 0 Å². The minimum Gasteiger partial charge on any atom is -0.512 e. The second-order valence-electron chi connectivity index (χ2n) is 10.9. The summed E-state index contributed by atoms with van der Waals surface area (Å²) in [6.07, 6.45) is 3.84. The Morgan fingerprint density at radius 1 is 1.26 bits per heavy atom. The Hall–Kier alpha value is -3.08. The summed E-state index contributed by atoms with van der Waals surface area (Å²) in [5.41, 5.74) is 1.95. The summed E-state index contributed by atoms with van der Waals surface area (Å²) in [6, 6.07) is 4.32. The molecule has 2 aromatic rings. The number of anilines is 1. The molecule has 1 atom stereocenters. The number of ether oxygens (including phenoxy) is 2. The Balaban J connectivity index is 1.72. The molecular weight excluding hydrogens is 501 g/mol. The molecule has 0 bridgehead atoms. The van der Waals surface area contributed by atoms with Gasteiger partial charge in [0.1, 0.15) is 35.9 Å². The zero-order valence-corrected chi connectivity index (χ0v) is 23.5. The number of benzene rings is 1. The molecule has 1 spiro atoms. The van der Waals surface area contributed by atoms with Crippen molar-refractivity contribution in [2.45, 2.75) is 58.7 Å². The van der Waals surface area contributed by atoms with E-state index >= 15 is 4.39 Å². The average molecular weight is 542 g/mol. The van der Waals surface area contributed by atoms with Crippen LogP contribution in [0.2, 0.25) is 0 Å². The van der Waals surface area contributed by atoms with Crippen LogP contribution in [0.4, 0.5) is 10.2 Å². The van der Waals surface area contributed by atoms with Crippen LogP contribution in [0.25, 0.3) is 17.0 Å². The van der Waals surface area contributed by atoms with E-state index in [1.165, 1.54) is 25.1 Å². The predicted molar refractivity (Wildman–Crippen MR) is 150 cm³/mol. The number of nitrogens with zero attached hydrogens (tertiary/aromatic N) is 3. The second-order valence-corrected chi connectivity index (χ2v) is 10.9. The fraction of sp³-hybridized carbons (Fsp3) is 0.552. The van der Waals surface area contributed by atoms with Crippen molar-refractivity contribution < 1.29 is 24.1 Å². The van der Waals surface area contributed by atoms with Crippen molar-refractivity contribution in [3.8, 4) is 17.1 Å². The monoisotopic (exact) mass is 541 g/mol. The lowest BCUT2D eigenvalue weighted by atomic mass is 9.68. The topological polar surface area (TPSA) is 124 Å². The summed E-state index contributed by atoms with van der Waals surface area (Å²) in [5.74, 6) is 0.645. The molecule has 2 fully saturated rings. The Morgan fingerprint density at radius 3 is 2.54 bits per heavy atom. The van der Waals surface area contributed by atoms with Crippen LogP contribution in [-0.2, 0) is 4.74 Å². The van der Waals surface area contributed by atoms with Gasteiger partial charge in [-0.2, -0.15) is 0 Å². The predicted octanol–water partition coefficient (Wildman–Crippen LogP) is 4.27. The first kappa shape index (κ1) is 28.9. The Kier molecular flexibility index (Phi) is 8.88. The van der Waals surface area contributed by atoms with Crippen LogP contribution >= 0.6 is 0 Å². The smallest absolute Gasteiger partial charge is 0.165 e. The number of aliphatic hydroxyl groups excluding tert-OH is 2. The number of aromatic nitrogens is 2. The van der Waals surface area contributed by atoms with Gasteiger partial charge >= 0.3 is 0 Å². The Morgan fingerprint density at radius 2 is 1.95 bits per heavy atom. The summed E-state index contributed by atoms with van der Waals surface area (Å²) in [5, 5.41) is 31.6. The molecular formula is C29H40FN5O4. The van der Waals surface area contributed by atoms with Crippen LogP contribution in [0, 0.1) is 23.6 Å². The molecule has 0 unspecified atom stereocenters. The third-order valence-electron chi connectivity index (χ3n) is 7.83. The molecule has 1 aliphatic carbocycles. The first-order valence-corrected chi connectivity index (χ1v) is 13.4. The van der Waals surface area contributed by atoms with Gasteiger partial charge in [0.05, 0.1) is 22.9 Å². The minimum atomic E-state index is -0.717. The van der Waals surface area contributed by atoms with E-state index < -0.39 is 11.9 Å². The SMILES string of the molecule is CNC[C@@H](O)COc1ccc(F)c(-c2nc(/C(C(C)=N)=C(\C)O)c(C)c(N3CC4(CCC(OC)CC4)C3)n2)c1. The molecule has 4 N–H and O–H groups in total. The molecule has 1 aromatic carbocycles. The molecule has 1 saturated carbocycles. The number of rotatable bonds is 10. The molecule has 10 heteroatoms. The van der Waals surface area contributed by atoms with E-state index in [0.717, 1.165) is 44.3 Å². The maximum Gasteiger partial charge on any atom is 0.165 e. The van der Waals surface area contributed by atoms with Gasteiger partial charge in [-0.3, -0.25) is 0 Å². The quantitative estimate of drug-likeness (QED) is 0.260. The lowest BCUT2D eigenvalue weighted by Gasteiger charge is -2.54. The number of nitrogens with one attached hydrogen (secondary N) is 2. The molecule has 1 aromatic heterocycles. The van der Waals surface area contributed by atoms with Crippen molar-refractivity contribution in [2.75, 3.05) is 45.3 Å². The van der Waals surface area contributed by atoms with Crippen LogP contribution in [0.1, 0.15) is 50.8 Å². The number of halogens is 1. The molecule has 0 radical (unpaired) electrons. The summed E-state index contributed by atoms with van der Waals surface area (Å²) in [4.78, 5) is 11.7. The lowest BCUT2D eigenvalue weighted by Crippen LogP contribution is -2.58. The number of likely N-dealkylation sites (N-methyl/N-ethyl adjacent to an activating group) is 1. The Bertz CT molecular complexity index is 1230. The summed E-state index contributed by atoms with van der Waals surface area (Å²) in [6.45, 7) is 7.06. The highest BCUT2D eigenvalue weighted by atomic mass is 19.1. The maximum atomic E-state index is 15.2. The van der Waals surface area contributed by atoms with Crippen LogP contribution in [0.5, 0.6) is 5.75 Å². The molecule has 4 rings (SSSR count). The van der Waals surface area contributed by atoms with E-state index in [0.29, 0.717) is 35.5 Å². The van der Waals surface area contributed by atoms with Crippen molar-refractivity contribution in [1.29, 1.82) is 5.41 Å². The van der Waals surface area contributed by atoms with Crippen LogP contribution in [-0.4, -0.2) is 78.5 Å². The fourth-order valence-electron chi connectivity index (χ4n) is 5.72. The maximum absolute atomic E-state index is 15.2. The molecule has 2 heterocycles. The molecule has 1 saturated heterocycles. The molecule has 1 aliphatic heterocycles. The molecule has 0 amide bonds. The van der Waals surface area contributed by atoms with E-state index in [1.807, 2.05) is 6.92 Å². The van der Waals surface area contributed by atoms with Crippen LogP contribution < -0.4 is 15.0 Å². The largest absolute Gasteiger partial charge is 0.512 e. The minimum absolute atomic E-state index is 0.0322. The molecule has 2 aliphatic rings. The first-order chi connectivity index (χ1) is 18.6. The van der Waals surface area contributed by atoms with Gasteiger partial charge in [0.15, 0.2) is 5.82 Å². The van der Waals surface area contributed by atoms with Gasteiger partial charge in [0.25, 0.3) is 0 Å². The highest BCUT2D eigenvalue weighted by Crippen LogP contribution is 2.47. The molecule has 9 nitrogen and oxygen atoms in total. The first-order valence-electron chi connectivity index (χ1n) is 13.4. The standard InChI is InChI=1S/C29H40FN5O4/c1-17-26(25(18(2)31)19(3)36)33-27(23-12-22(6-7-24(23)30)39-14-20(37)13-32-4)34-28(17)35-15-29(16-35)10-8-21(38-5)9-11-29/h6-7,12,20-21,31-32,36-37H,8-11,13-16H2,1-5H3/b25-19+,31-18?/t20-/m1/s1. The number of allylic oxidation sites excluding steroid dienone is 2. The zero-order valence-electron chi connectivity index (χ0n) is 23.5. The highest BCUT2D eigenvalue weighted by Gasteiger charge is 2.46. The van der Waals surface area contributed by atoms with Crippen LogP contribution in [0.3, 0.4) is 0 Å². The third-order valence-corrected chi connectivity index (χ3v) is 7.83. The van der Waals surface area contributed by atoms with Gasteiger partial charge in [0, 0.05) is 43.4 Å². The second kappa shape index (κ2) is 12.0. The lowest BCUT2D eigenvalue weighted by molar-refractivity contribution is 0.0150. The van der Waals surface area contributed by atoms with Gasteiger partial charge in [-0.05, 0) is 71.7 Å². The number of aliphatic hydroxyl groups is 2. The van der Waals surface area contributed by atoms with Crippen molar-refractivity contribution in [3.05, 3.63) is 41.0 Å². The van der Waals surface area contributed by atoms with Crippen molar-refractivity contribution in [2.24, 2.45) is 5.41 Å². The average Bonchev–Trinajstić information content (AvgIpc) is 2.88. The normalized spacial score (nSPS) is 18.5. The van der Waals surface area contributed by atoms with Gasteiger partial charge in [-0.25, -0.2) is 14.4 Å². The van der Waals surface area contributed by atoms with Gasteiger partial charge in [-0.1, -0.05) is 0 Å². The van der Waals surface area contributed by atoms with E-state index in [9.17, 15) is 10.2 Å². The van der Waals surface area contributed by atoms with Crippen molar-refractivity contribution >= 4 is 17.1 Å². The summed E-state index contributed by atoms with van der Waals surface area (Å²) in [7, 11) is 3.51. The fourth-order valence-corrected chi connectivity index (χ4v) is 5.72. The van der Waals surface area contributed by atoms with E-state index in [4.69, 9.17) is 19.9 Å². The third kappa shape index (κ3) is 6.23. The summed E-state index contributed by atoms with van der Waals surface area (Å²) >= 11 is 0. The van der Waals surface area contributed by atoms with Gasteiger partial charge < -0.3 is 35.3 Å².